The van der Waals surface area contributed by atoms with Gasteiger partial charge in [-0.2, -0.15) is 0 Å². The Morgan fingerprint density at radius 2 is 2.19 bits per heavy atom. The van der Waals surface area contributed by atoms with Crippen molar-refractivity contribution in [2.75, 3.05) is 20.3 Å². The lowest BCUT2D eigenvalue weighted by atomic mass is 10.1. The van der Waals surface area contributed by atoms with Gasteiger partial charge in [-0.05, 0) is 32.4 Å². The highest BCUT2D eigenvalue weighted by Gasteiger charge is 2.11. The van der Waals surface area contributed by atoms with Crippen LogP contribution in [0.25, 0.3) is 0 Å². The molecule has 5 heteroatoms. The second-order valence-corrected chi connectivity index (χ2v) is 4.89. The lowest BCUT2D eigenvalue weighted by Gasteiger charge is -2.15. The summed E-state index contributed by atoms with van der Waals surface area (Å²) in [6.45, 7) is 5.22. The zero-order chi connectivity index (χ0) is 15.7. The Morgan fingerprint density at radius 1 is 1.43 bits per heavy atom. The van der Waals surface area contributed by atoms with Gasteiger partial charge in [-0.15, -0.1) is 0 Å². The van der Waals surface area contributed by atoms with Crippen LogP contribution in [-0.2, 0) is 9.53 Å². The first kappa shape index (κ1) is 17.4. The molecule has 0 aliphatic heterocycles. The number of esters is 1. The molecule has 1 unspecified atom stereocenters. The molecule has 1 rings (SSSR count). The van der Waals surface area contributed by atoms with Crippen LogP contribution in [0.2, 0.25) is 0 Å². The molecule has 0 saturated carbocycles. The summed E-state index contributed by atoms with van der Waals surface area (Å²) in [5.74, 6) is -0.0728. The minimum absolute atomic E-state index is 0.0293. The first-order valence-corrected chi connectivity index (χ1v) is 7.31. The van der Waals surface area contributed by atoms with Gasteiger partial charge in [0.15, 0.2) is 0 Å². The highest BCUT2D eigenvalue weighted by Crippen LogP contribution is 2.22. The van der Waals surface area contributed by atoms with Crippen molar-refractivity contribution in [3.05, 3.63) is 29.6 Å². The number of ether oxygens (including phenoxy) is 2. The molecule has 0 aliphatic rings. The molecule has 0 saturated heterocycles. The Hall–Kier alpha value is -1.62. The van der Waals surface area contributed by atoms with Crippen molar-refractivity contribution < 1.29 is 18.7 Å². The van der Waals surface area contributed by atoms with Gasteiger partial charge in [0, 0.05) is 24.1 Å². The normalized spacial score (nSPS) is 12.0. The third-order valence-corrected chi connectivity index (χ3v) is 3.16. The van der Waals surface area contributed by atoms with Crippen molar-refractivity contribution in [1.82, 2.24) is 5.32 Å². The summed E-state index contributed by atoms with van der Waals surface area (Å²) < 4.78 is 24.0. The Kier molecular flexibility index (Phi) is 7.75. The first-order chi connectivity index (χ1) is 10.1. The summed E-state index contributed by atoms with van der Waals surface area (Å²) in [4.78, 5) is 10.9. The van der Waals surface area contributed by atoms with Crippen molar-refractivity contribution in [2.45, 2.75) is 39.2 Å². The van der Waals surface area contributed by atoms with Crippen molar-refractivity contribution in [1.29, 1.82) is 0 Å². The summed E-state index contributed by atoms with van der Waals surface area (Å²) in [6.07, 6.45) is 1.85. The second kappa shape index (κ2) is 9.34. The summed E-state index contributed by atoms with van der Waals surface area (Å²) >= 11 is 0. The Balaban J connectivity index is 2.48. The molecule has 0 bridgehead atoms. The highest BCUT2D eigenvalue weighted by atomic mass is 19.1. The standard InChI is InChI=1S/C16H24FNO3/c1-4-9-18-12(2)14-8-7-13(11-15(14)17)21-10-5-6-16(19)20-3/h7-8,11-12,18H,4-6,9-10H2,1-3H3. The van der Waals surface area contributed by atoms with E-state index in [4.69, 9.17) is 4.74 Å². The van der Waals surface area contributed by atoms with Gasteiger partial charge in [-0.3, -0.25) is 4.79 Å². The van der Waals surface area contributed by atoms with Gasteiger partial charge in [0.2, 0.25) is 0 Å². The van der Waals surface area contributed by atoms with E-state index in [1.165, 1.54) is 13.2 Å². The van der Waals surface area contributed by atoms with E-state index in [1.807, 2.05) is 6.92 Å². The van der Waals surface area contributed by atoms with Crippen molar-refractivity contribution in [3.63, 3.8) is 0 Å². The predicted molar refractivity (Wildman–Crippen MR) is 79.9 cm³/mol. The zero-order valence-electron chi connectivity index (χ0n) is 12.9. The quantitative estimate of drug-likeness (QED) is 0.561. The van der Waals surface area contributed by atoms with Crippen LogP contribution in [0.3, 0.4) is 0 Å². The van der Waals surface area contributed by atoms with Gasteiger partial charge in [0.1, 0.15) is 11.6 Å². The Bertz CT molecular complexity index is 451. The molecule has 118 valence electrons. The van der Waals surface area contributed by atoms with E-state index < -0.39 is 0 Å². The smallest absolute Gasteiger partial charge is 0.305 e. The van der Waals surface area contributed by atoms with Crippen LogP contribution in [0.1, 0.15) is 44.7 Å². The van der Waals surface area contributed by atoms with Gasteiger partial charge in [0.25, 0.3) is 0 Å². The summed E-state index contributed by atoms with van der Waals surface area (Å²) in [5, 5.41) is 3.25. The van der Waals surface area contributed by atoms with Gasteiger partial charge >= 0.3 is 5.97 Å². The van der Waals surface area contributed by atoms with E-state index in [2.05, 4.69) is 17.0 Å². The number of carbonyl (C=O) groups excluding carboxylic acids is 1. The van der Waals surface area contributed by atoms with Crippen molar-refractivity contribution in [2.24, 2.45) is 0 Å². The molecule has 1 atom stereocenters. The zero-order valence-corrected chi connectivity index (χ0v) is 12.9. The number of methoxy groups -OCH3 is 1. The maximum Gasteiger partial charge on any atom is 0.305 e. The second-order valence-electron chi connectivity index (χ2n) is 4.89. The van der Waals surface area contributed by atoms with Gasteiger partial charge in [-0.1, -0.05) is 13.0 Å². The van der Waals surface area contributed by atoms with Crippen molar-refractivity contribution >= 4 is 5.97 Å². The number of carbonyl (C=O) groups is 1. The fourth-order valence-corrected chi connectivity index (χ4v) is 1.93. The fraction of sp³-hybridized carbons (Fsp3) is 0.562. The lowest BCUT2D eigenvalue weighted by Crippen LogP contribution is -2.20. The lowest BCUT2D eigenvalue weighted by molar-refractivity contribution is -0.140. The van der Waals surface area contributed by atoms with Crippen LogP contribution in [0.15, 0.2) is 18.2 Å². The maximum absolute atomic E-state index is 14.0. The van der Waals surface area contributed by atoms with E-state index in [1.54, 1.807) is 12.1 Å². The maximum atomic E-state index is 14.0. The van der Waals surface area contributed by atoms with Crippen LogP contribution in [-0.4, -0.2) is 26.2 Å². The minimum Gasteiger partial charge on any atom is -0.493 e. The SMILES string of the molecule is CCCNC(C)c1ccc(OCCCC(=O)OC)cc1F. The number of rotatable bonds is 9. The van der Waals surface area contributed by atoms with Crippen LogP contribution in [0, 0.1) is 5.82 Å². The molecule has 1 aromatic carbocycles. The molecule has 1 aromatic rings. The number of halogens is 1. The van der Waals surface area contributed by atoms with Gasteiger partial charge < -0.3 is 14.8 Å². The van der Waals surface area contributed by atoms with Gasteiger partial charge in [-0.25, -0.2) is 4.39 Å². The molecule has 0 fully saturated rings. The monoisotopic (exact) mass is 297 g/mol. The molecule has 0 spiro atoms. The summed E-state index contributed by atoms with van der Waals surface area (Å²) in [5.41, 5.74) is 0.630. The predicted octanol–water partition coefficient (Wildman–Crippen LogP) is 3.22. The largest absolute Gasteiger partial charge is 0.493 e. The number of benzene rings is 1. The average Bonchev–Trinajstić information content (AvgIpc) is 2.49. The molecule has 0 heterocycles. The van der Waals surface area contributed by atoms with E-state index in [0.717, 1.165) is 13.0 Å². The van der Waals surface area contributed by atoms with Crippen LogP contribution in [0.5, 0.6) is 5.75 Å². The highest BCUT2D eigenvalue weighted by molar-refractivity contribution is 5.69. The van der Waals surface area contributed by atoms with E-state index in [9.17, 15) is 9.18 Å². The minimum atomic E-state index is -0.281. The third-order valence-electron chi connectivity index (χ3n) is 3.16. The summed E-state index contributed by atoms with van der Waals surface area (Å²) in [7, 11) is 1.35. The number of hydrogen-bond donors (Lipinski definition) is 1. The Labute approximate surface area is 125 Å². The third kappa shape index (κ3) is 6.12. The fourth-order valence-electron chi connectivity index (χ4n) is 1.93. The molecular weight excluding hydrogens is 273 g/mol. The van der Waals surface area contributed by atoms with Crippen LogP contribution < -0.4 is 10.1 Å². The number of nitrogens with one attached hydrogen (secondary N) is 1. The van der Waals surface area contributed by atoms with Gasteiger partial charge in [0.05, 0.1) is 13.7 Å². The first-order valence-electron chi connectivity index (χ1n) is 7.31. The average molecular weight is 297 g/mol. The van der Waals surface area contributed by atoms with Crippen LogP contribution >= 0.6 is 0 Å². The van der Waals surface area contributed by atoms with E-state index in [0.29, 0.717) is 30.8 Å². The molecule has 21 heavy (non-hydrogen) atoms. The molecule has 0 aliphatic carbocycles. The van der Waals surface area contributed by atoms with Crippen molar-refractivity contribution in [3.8, 4) is 5.75 Å². The van der Waals surface area contributed by atoms with E-state index in [-0.39, 0.29) is 17.8 Å². The summed E-state index contributed by atoms with van der Waals surface area (Å²) in [6, 6.07) is 4.84. The topological polar surface area (TPSA) is 47.6 Å². The van der Waals surface area contributed by atoms with Crippen LogP contribution in [0.4, 0.5) is 4.39 Å². The molecular formula is C16H24FNO3. The molecule has 0 amide bonds. The number of hydrogen-bond acceptors (Lipinski definition) is 4. The molecule has 1 N–H and O–H groups in total. The molecule has 0 aromatic heterocycles. The Morgan fingerprint density at radius 3 is 2.81 bits per heavy atom. The molecule has 0 radical (unpaired) electrons. The molecule has 4 nitrogen and oxygen atoms in total. The van der Waals surface area contributed by atoms with E-state index >= 15 is 0 Å².